The second kappa shape index (κ2) is 3.40. The van der Waals surface area contributed by atoms with Crippen LogP contribution in [0.3, 0.4) is 0 Å². The third kappa shape index (κ3) is 3.03. The predicted octanol–water partition coefficient (Wildman–Crippen LogP) is 0.889. The summed E-state index contributed by atoms with van der Waals surface area (Å²) in [6.45, 7) is 1.95. The zero-order valence-corrected chi connectivity index (χ0v) is 4.44. The molecule has 40 valence electrons. The van der Waals surface area contributed by atoms with Crippen molar-refractivity contribution in [3.05, 3.63) is 11.8 Å². The fourth-order valence-corrected chi connectivity index (χ4v) is 0.225. The smallest absolute Gasteiger partial charge is 0.0194 e. The van der Waals surface area contributed by atoms with Crippen LogP contribution in [0.1, 0.15) is 13.3 Å². The third-order valence-corrected chi connectivity index (χ3v) is 0.706. The molecule has 0 saturated carbocycles. The molecule has 0 spiro atoms. The van der Waals surface area contributed by atoms with Crippen molar-refractivity contribution < 1.29 is 0 Å². The highest BCUT2D eigenvalue weighted by Crippen LogP contribution is 1.85. The number of nitrogens with two attached hydrogens (primary N) is 1. The molecule has 0 aliphatic heterocycles. The first kappa shape index (κ1) is 6.21. The molecule has 0 atom stereocenters. The van der Waals surface area contributed by atoms with Crippen LogP contribution in [0.4, 0.5) is 0 Å². The van der Waals surface area contributed by atoms with Crippen LogP contribution in [-0.2, 0) is 0 Å². The number of nitrogens with one attached hydrogen (secondary N) is 1. The lowest BCUT2D eigenvalue weighted by atomic mass is 10.3. The maximum atomic E-state index is 6.56. The molecular weight excluding hydrogens is 88.1 g/mol. The summed E-state index contributed by atoms with van der Waals surface area (Å²) in [7, 11) is 0. The minimum absolute atomic E-state index is 0.759. The number of allylic oxidation sites excluding steroid dienone is 2. The van der Waals surface area contributed by atoms with Gasteiger partial charge in [0.2, 0.25) is 0 Å². The minimum atomic E-state index is 0.759. The van der Waals surface area contributed by atoms with Crippen molar-refractivity contribution in [3.8, 4) is 0 Å². The van der Waals surface area contributed by atoms with Gasteiger partial charge >= 0.3 is 0 Å². The highest BCUT2D eigenvalue weighted by molar-refractivity contribution is 5.68. The summed E-state index contributed by atoms with van der Waals surface area (Å²) in [5.41, 5.74) is 6.05. The fraction of sp³-hybridized carbons (Fsp3) is 0.400. The van der Waals surface area contributed by atoms with E-state index in [0.29, 0.717) is 0 Å². The molecule has 2 heteroatoms. The van der Waals surface area contributed by atoms with Gasteiger partial charge in [-0.05, 0) is 12.5 Å². The largest absolute Gasteiger partial charge is 0.402 e. The average molecular weight is 98.1 g/mol. The van der Waals surface area contributed by atoms with Gasteiger partial charge in [-0.2, -0.15) is 0 Å². The van der Waals surface area contributed by atoms with Gasteiger partial charge in [0.15, 0.2) is 0 Å². The van der Waals surface area contributed by atoms with Gasteiger partial charge in [-0.15, -0.1) is 0 Å². The fourth-order valence-electron chi connectivity index (χ4n) is 0.225. The molecule has 3 N–H and O–H groups in total. The second-order valence-electron chi connectivity index (χ2n) is 1.26. The lowest BCUT2D eigenvalue weighted by Crippen LogP contribution is -1.93. The number of rotatable bonds is 2. The molecule has 0 fully saturated rings. The predicted molar refractivity (Wildman–Crippen MR) is 31.3 cm³/mol. The van der Waals surface area contributed by atoms with Crippen LogP contribution in [-0.4, -0.2) is 6.21 Å². The molecule has 0 aliphatic rings. The van der Waals surface area contributed by atoms with E-state index in [1.54, 1.807) is 6.08 Å². The molecule has 0 radical (unpaired) electrons. The van der Waals surface area contributed by atoms with E-state index >= 15 is 0 Å². The summed E-state index contributed by atoms with van der Waals surface area (Å²) in [5.74, 6) is 0. The Bertz CT molecular complexity index is 84.1. The molecule has 0 aliphatic carbocycles. The third-order valence-electron chi connectivity index (χ3n) is 0.706. The Balaban J connectivity index is 3.49. The van der Waals surface area contributed by atoms with Crippen LogP contribution in [0.15, 0.2) is 11.8 Å². The van der Waals surface area contributed by atoms with Gasteiger partial charge in [0.25, 0.3) is 0 Å². The minimum Gasteiger partial charge on any atom is -0.402 e. The average Bonchev–Trinajstić information content (AvgIpc) is 1.68. The van der Waals surface area contributed by atoms with Crippen molar-refractivity contribution in [1.82, 2.24) is 0 Å². The topological polar surface area (TPSA) is 49.9 Å². The Morgan fingerprint density at radius 3 is 2.57 bits per heavy atom. The molecule has 0 aromatic heterocycles. The molecule has 0 aromatic carbocycles. The maximum absolute atomic E-state index is 6.56. The zero-order valence-electron chi connectivity index (χ0n) is 4.44. The summed E-state index contributed by atoms with van der Waals surface area (Å²) in [6.07, 6.45) is 3.61. The highest BCUT2D eigenvalue weighted by Gasteiger charge is 1.75. The van der Waals surface area contributed by atoms with Crippen LogP contribution in [0.5, 0.6) is 0 Å². The van der Waals surface area contributed by atoms with Gasteiger partial charge in [-0.1, -0.05) is 6.92 Å². The monoisotopic (exact) mass is 98.1 g/mol. The van der Waals surface area contributed by atoms with E-state index in [-0.39, 0.29) is 0 Å². The van der Waals surface area contributed by atoms with Crippen LogP contribution >= 0.6 is 0 Å². The Hall–Kier alpha value is -0.790. The van der Waals surface area contributed by atoms with Crippen molar-refractivity contribution in [2.45, 2.75) is 13.3 Å². The summed E-state index contributed by atoms with van der Waals surface area (Å²) in [4.78, 5) is 0. The summed E-state index contributed by atoms with van der Waals surface area (Å²) in [5, 5.41) is 6.56. The highest BCUT2D eigenvalue weighted by atomic mass is 14.6. The second-order valence-corrected chi connectivity index (χ2v) is 1.26. The summed E-state index contributed by atoms with van der Waals surface area (Å²) < 4.78 is 0. The first-order valence-electron chi connectivity index (χ1n) is 2.26. The molecule has 0 heterocycles. The molecule has 0 rings (SSSR count). The van der Waals surface area contributed by atoms with E-state index in [2.05, 4.69) is 0 Å². The molecule has 0 unspecified atom stereocenters. The van der Waals surface area contributed by atoms with Crippen LogP contribution < -0.4 is 5.73 Å². The molecule has 7 heavy (non-hydrogen) atoms. The van der Waals surface area contributed by atoms with Crippen molar-refractivity contribution in [3.63, 3.8) is 0 Å². The first-order chi connectivity index (χ1) is 3.31. The molecule has 0 amide bonds. The van der Waals surface area contributed by atoms with Gasteiger partial charge in [0.05, 0.1) is 0 Å². The van der Waals surface area contributed by atoms with E-state index in [0.717, 1.165) is 12.1 Å². The SMILES string of the molecule is CCC(N)=CC=N. The van der Waals surface area contributed by atoms with Crippen LogP contribution in [0.25, 0.3) is 0 Å². The summed E-state index contributed by atoms with van der Waals surface area (Å²) in [6, 6.07) is 0. The zero-order chi connectivity index (χ0) is 5.70. The van der Waals surface area contributed by atoms with Crippen molar-refractivity contribution in [2.24, 2.45) is 5.73 Å². The summed E-state index contributed by atoms with van der Waals surface area (Å²) >= 11 is 0. The molecular formula is C5H10N2. The normalized spacial score (nSPS) is 11.3. The lowest BCUT2D eigenvalue weighted by molar-refractivity contribution is 1.07. The molecule has 0 bridgehead atoms. The van der Waals surface area contributed by atoms with Gasteiger partial charge in [0, 0.05) is 11.9 Å². The first-order valence-corrected chi connectivity index (χ1v) is 2.26. The van der Waals surface area contributed by atoms with E-state index in [1.165, 1.54) is 6.21 Å². The Kier molecular flexibility index (Phi) is 3.02. The Morgan fingerprint density at radius 2 is 2.43 bits per heavy atom. The van der Waals surface area contributed by atoms with E-state index in [1.807, 2.05) is 6.92 Å². The Labute approximate surface area is 43.5 Å². The van der Waals surface area contributed by atoms with Crippen LogP contribution in [0.2, 0.25) is 0 Å². The van der Waals surface area contributed by atoms with E-state index in [4.69, 9.17) is 11.1 Å². The standard InChI is InChI=1S/C5H10N2/c1-2-5(7)3-4-6/h3-4,6H,2,7H2,1H3. The van der Waals surface area contributed by atoms with Gasteiger partial charge in [0.1, 0.15) is 0 Å². The van der Waals surface area contributed by atoms with Crippen LogP contribution in [0, 0.1) is 5.41 Å². The van der Waals surface area contributed by atoms with E-state index in [9.17, 15) is 0 Å². The van der Waals surface area contributed by atoms with Gasteiger partial charge < -0.3 is 11.1 Å². The number of hydrogen-bond acceptors (Lipinski definition) is 2. The van der Waals surface area contributed by atoms with Gasteiger partial charge in [-0.3, -0.25) is 0 Å². The molecule has 0 saturated heterocycles. The quantitative estimate of drug-likeness (QED) is 0.495. The number of hydrogen-bond donors (Lipinski definition) is 2. The van der Waals surface area contributed by atoms with Crippen molar-refractivity contribution in [2.75, 3.05) is 0 Å². The molecule has 0 aromatic rings. The van der Waals surface area contributed by atoms with Crippen molar-refractivity contribution >= 4 is 6.21 Å². The lowest BCUT2D eigenvalue weighted by Gasteiger charge is -1.86. The van der Waals surface area contributed by atoms with Gasteiger partial charge in [-0.25, -0.2) is 0 Å². The van der Waals surface area contributed by atoms with Crippen molar-refractivity contribution in [1.29, 1.82) is 5.41 Å². The Morgan fingerprint density at radius 1 is 1.86 bits per heavy atom. The maximum Gasteiger partial charge on any atom is 0.0194 e. The van der Waals surface area contributed by atoms with E-state index < -0.39 is 0 Å². The molecule has 2 nitrogen and oxygen atoms in total.